The first-order valence-corrected chi connectivity index (χ1v) is 10.1. The number of piperazine rings is 1. The molecule has 0 bridgehead atoms. The SMILES string of the molecule is Clc1ccc(C(c2ccccc2)N2CCN(c3ncnc4[nH]ncc34)CC2)cc1. The van der Waals surface area contributed by atoms with E-state index in [9.17, 15) is 0 Å². The topological polar surface area (TPSA) is 60.9 Å². The first kappa shape index (κ1) is 18.1. The molecule has 0 aliphatic carbocycles. The molecule has 1 unspecified atom stereocenters. The predicted molar refractivity (Wildman–Crippen MR) is 115 cm³/mol. The number of hydrogen-bond donors (Lipinski definition) is 1. The summed E-state index contributed by atoms with van der Waals surface area (Å²) in [4.78, 5) is 13.6. The zero-order valence-corrected chi connectivity index (χ0v) is 16.6. The van der Waals surface area contributed by atoms with Crippen LogP contribution in [-0.2, 0) is 0 Å². The first-order chi connectivity index (χ1) is 14.3. The molecule has 6 nitrogen and oxygen atoms in total. The van der Waals surface area contributed by atoms with Gasteiger partial charge in [0.25, 0.3) is 0 Å². The number of aromatic amines is 1. The van der Waals surface area contributed by atoms with Crippen LogP contribution in [0.4, 0.5) is 5.82 Å². The van der Waals surface area contributed by atoms with Gasteiger partial charge in [-0.05, 0) is 23.3 Å². The maximum absolute atomic E-state index is 6.13. The lowest BCUT2D eigenvalue weighted by Crippen LogP contribution is -2.48. The third kappa shape index (κ3) is 3.57. The van der Waals surface area contributed by atoms with E-state index in [-0.39, 0.29) is 6.04 Å². The Hall–Kier alpha value is -2.96. The second-order valence-corrected chi connectivity index (χ2v) is 7.65. The molecule has 2 aromatic carbocycles. The quantitative estimate of drug-likeness (QED) is 0.558. The summed E-state index contributed by atoms with van der Waals surface area (Å²) in [6, 6.07) is 19.1. The van der Waals surface area contributed by atoms with Crippen molar-refractivity contribution < 1.29 is 0 Å². The van der Waals surface area contributed by atoms with E-state index in [1.165, 1.54) is 11.1 Å². The van der Waals surface area contributed by atoms with Crippen LogP contribution in [0.15, 0.2) is 67.1 Å². The van der Waals surface area contributed by atoms with Crippen LogP contribution in [0.3, 0.4) is 0 Å². The molecule has 2 aromatic heterocycles. The molecule has 0 saturated carbocycles. The molecule has 5 rings (SSSR count). The molecular weight excluding hydrogens is 384 g/mol. The lowest BCUT2D eigenvalue weighted by molar-refractivity contribution is 0.212. The standard InChI is InChI=1S/C22H21ClN6/c23-18-8-6-17(7-9-18)20(16-4-2-1-3-5-16)28-10-12-29(13-11-28)22-19-14-26-27-21(19)24-15-25-22/h1-9,14-15,20H,10-13H2,(H,24,25,26,27). The number of benzene rings is 2. The van der Waals surface area contributed by atoms with E-state index in [0.29, 0.717) is 0 Å². The highest BCUT2D eigenvalue weighted by Crippen LogP contribution is 2.31. The number of rotatable bonds is 4. The van der Waals surface area contributed by atoms with Crippen molar-refractivity contribution in [3.8, 4) is 0 Å². The summed E-state index contributed by atoms with van der Waals surface area (Å²) >= 11 is 6.13. The van der Waals surface area contributed by atoms with Crippen molar-refractivity contribution in [2.24, 2.45) is 0 Å². The second kappa shape index (κ2) is 7.81. The Morgan fingerprint density at radius 3 is 2.34 bits per heavy atom. The average molecular weight is 405 g/mol. The van der Waals surface area contributed by atoms with Gasteiger partial charge in [0.15, 0.2) is 5.65 Å². The van der Waals surface area contributed by atoms with Gasteiger partial charge in [-0.15, -0.1) is 0 Å². The van der Waals surface area contributed by atoms with E-state index in [4.69, 9.17) is 11.6 Å². The van der Waals surface area contributed by atoms with Gasteiger partial charge in [-0.1, -0.05) is 54.1 Å². The molecule has 1 N–H and O–H groups in total. The molecule has 0 amide bonds. The molecule has 1 aliphatic heterocycles. The minimum Gasteiger partial charge on any atom is -0.353 e. The highest BCUT2D eigenvalue weighted by Gasteiger charge is 2.27. The van der Waals surface area contributed by atoms with Crippen molar-refractivity contribution in [1.82, 2.24) is 25.1 Å². The highest BCUT2D eigenvalue weighted by atomic mass is 35.5. The smallest absolute Gasteiger partial charge is 0.160 e. The summed E-state index contributed by atoms with van der Waals surface area (Å²) in [7, 11) is 0. The Morgan fingerprint density at radius 2 is 1.59 bits per heavy atom. The van der Waals surface area contributed by atoms with Crippen LogP contribution < -0.4 is 4.90 Å². The lowest BCUT2D eigenvalue weighted by atomic mass is 9.96. The van der Waals surface area contributed by atoms with Crippen LogP contribution in [0.5, 0.6) is 0 Å². The lowest BCUT2D eigenvalue weighted by Gasteiger charge is -2.40. The van der Waals surface area contributed by atoms with E-state index in [0.717, 1.165) is 48.1 Å². The molecule has 3 heterocycles. The van der Waals surface area contributed by atoms with Crippen LogP contribution in [0.2, 0.25) is 5.02 Å². The third-order valence-corrected chi connectivity index (χ3v) is 5.76. The number of H-pyrrole nitrogens is 1. The fraction of sp³-hybridized carbons (Fsp3) is 0.227. The highest BCUT2D eigenvalue weighted by molar-refractivity contribution is 6.30. The zero-order chi connectivity index (χ0) is 19.6. The second-order valence-electron chi connectivity index (χ2n) is 7.22. The van der Waals surface area contributed by atoms with E-state index in [1.807, 2.05) is 12.1 Å². The van der Waals surface area contributed by atoms with Crippen LogP contribution in [0.1, 0.15) is 17.2 Å². The molecule has 146 valence electrons. The fourth-order valence-electron chi connectivity index (χ4n) is 4.09. The minimum atomic E-state index is 0.204. The van der Waals surface area contributed by atoms with Gasteiger partial charge in [-0.25, -0.2) is 9.97 Å². The van der Waals surface area contributed by atoms with Gasteiger partial charge in [0.1, 0.15) is 12.1 Å². The molecule has 0 spiro atoms. The van der Waals surface area contributed by atoms with Crippen molar-refractivity contribution in [3.05, 3.63) is 83.3 Å². The van der Waals surface area contributed by atoms with E-state index in [2.05, 4.69) is 72.4 Å². The fourth-order valence-corrected chi connectivity index (χ4v) is 4.22. The Labute approximate surface area is 174 Å². The van der Waals surface area contributed by atoms with Crippen LogP contribution >= 0.6 is 11.6 Å². The number of nitrogens with zero attached hydrogens (tertiary/aromatic N) is 5. The van der Waals surface area contributed by atoms with Gasteiger partial charge in [0.2, 0.25) is 0 Å². The third-order valence-electron chi connectivity index (χ3n) is 5.51. The summed E-state index contributed by atoms with van der Waals surface area (Å²) in [6.07, 6.45) is 3.40. The largest absolute Gasteiger partial charge is 0.353 e. The van der Waals surface area contributed by atoms with Gasteiger partial charge in [0, 0.05) is 31.2 Å². The molecule has 1 fully saturated rings. The molecule has 0 radical (unpaired) electrons. The Balaban J connectivity index is 1.41. The monoisotopic (exact) mass is 404 g/mol. The van der Waals surface area contributed by atoms with Crippen molar-refractivity contribution in [2.45, 2.75) is 6.04 Å². The number of nitrogens with one attached hydrogen (secondary N) is 1. The van der Waals surface area contributed by atoms with Crippen molar-refractivity contribution in [2.75, 3.05) is 31.1 Å². The first-order valence-electron chi connectivity index (χ1n) is 9.73. The van der Waals surface area contributed by atoms with Crippen molar-refractivity contribution >= 4 is 28.5 Å². The Morgan fingerprint density at radius 1 is 0.862 bits per heavy atom. The summed E-state index contributed by atoms with van der Waals surface area (Å²) in [5, 5.41) is 8.77. The van der Waals surface area contributed by atoms with Crippen LogP contribution in [0, 0.1) is 0 Å². The molecule has 29 heavy (non-hydrogen) atoms. The maximum atomic E-state index is 6.13. The Kier molecular flexibility index (Phi) is 4.87. The normalized spacial score (nSPS) is 16.2. The summed E-state index contributed by atoms with van der Waals surface area (Å²) < 4.78 is 0. The van der Waals surface area contributed by atoms with Crippen molar-refractivity contribution in [1.29, 1.82) is 0 Å². The molecule has 1 saturated heterocycles. The molecule has 7 heteroatoms. The minimum absolute atomic E-state index is 0.204. The Bertz CT molecular complexity index is 1090. The van der Waals surface area contributed by atoms with Crippen molar-refractivity contribution in [3.63, 3.8) is 0 Å². The predicted octanol–water partition coefficient (Wildman–Crippen LogP) is 3.92. The maximum Gasteiger partial charge on any atom is 0.160 e. The number of hydrogen-bond acceptors (Lipinski definition) is 5. The number of anilines is 1. The van der Waals surface area contributed by atoms with Gasteiger partial charge >= 0.3 is 0 Å². The van der Waals surface area contributed by atoms with Gasteiger partial charge < -0.3 is 4.90 Å². The number of halogens is 1. The zero-order valence-electron chi connectivity index (χ0n) is 15.9. The van der Waals surface area contributed by atoms with Gasteiger partial charge in [-0.3, -0.25) is 10.00 Å². The summed E-state index contributed by atoms with van der Waals surface area (Å²) in [5.74, 6) is 0.950. The van der Waals surface area contributed by atoms with Crippen LogP contribution in [-0.4, -0.2) is 51.2 Å². The van der Waals surface area contributed by atoms with Gasteiger partial charge in [-0.2, -0.15) is 5.10 Å². The molecule has 1 aliphatic rings. The van der Waals surface area contributed by atoms with E-state index < -0.39 is 0 Å². The summed E-state index contributed by atoms with van der Waals surface area (Å²) in [5.41, 5.74) is 3.33. The van der Waals surface area contributed by atoms with Crippen LogP contribution in [0.25, 0.3) is 11.0 Å². The van der Waals surface area contributed by atoms with Gasteiger partial charge in [0.05, 0.1) is 17.6 Å². The summed E-state index contributed by atoms with van der Waals surface area (Å²) in [6.45, 7) is 3.67. The average Bonchev–Trinajstić information content (AvgIpc) is 3.26. The number of fused-ring (bicyclic) bond motifs is 1. The molecule has 4 aromatic rings. The molecule has 1 atom stereocenters. The molecular formula is C22H21ClN6. The number of aromatic nitrogens is 4. The van der Waals surface area contributed by atoms with E-state index >= 15 is 0 Å². The van der Waals surface area contributed by atoms with E-state index in [1.54, 1.807) is 12.5 Å².